The Labute approximate surface area is 581 Å². The van der Waals surface area contributed by atoms with Crippen LogP contribution >= 0.6 is 15.6 Å². The summed E-state index contributed by atoms with van der Waals surface area (Å²) in [5, 5.41) is 10.6. The van der Waals surface area contributed by atoms with Crippen LogP contribution in [0.3, 0.4) is 0 Å². The molecule has 564 valence electrons. The van der Waals surface area contributed by atoms with Crippen molar-refractivity contribution in [2.45, 2.75) is 413 Å². The van der Waals surface area contributed by atoms with Gasteiger partial charge in [0, 0.05) is 25.7 Å². The van der Waals surface area contributed by atoms with Crippen molar-refractivity contribution in [3.63, 3.8) is 0 Å². The van der Waals surface area contributed by atoms with E-state index in [1.165, 1.54) is 205 Å². The van der Waals surface area contributed by atoms with Crippen molar-refractivity contribution in [1.82, 2.24) is 0 Å². The third-order valence-corrected chi connectivity index (χ3v) is 19.6. The monoisotopic (exact) mass is 1400 g/mol. The Kier molecular flexibility index (Phi) is 66.5. The Bertz CT molecular complexity index is 1840. The zero-order chi connectivity index (χ0) is 70.0. The SMILES string of the molecule is CCCCCCCCCCCCCCCCCCCCCCCC(=O)O[C@H](COC(=O)CCCCCCCCCCCCC(C)C)COP(=O)(O)OC[C@@H](O)COP(=O)(O)OC[C@@H](COC(=O)CCCCCCCCC(C)C)OC(=O)CCCCCCCCCCCCCC. The number of carbonyl (C=O) groups is 4. The highest BCUT2D eigenvalue weighted by molar-refractivity contribution is 7.47. The molecule has 17 nitrogen and oxygen atoms in total. The number of aliphatic hydroxyl groups is 1. The first kappa shape index (κ1) is 93.1. The zero-order valence-electron chi connectivity index (χ0n) is 62.0. The number of hydrogen-bond acceptors (Lipinski definition) is 15. The van der Waals surface area contributed by atoms with Crippen molar-refractivity contribution in [3.05, 3.63) is 0 Å². The van der Waals surface area contributed by atoms with Gasteiger partial charge in [0.2, 0.25) is 0 Å². The van der Waals surface area contributed by atoms with E-state index in [9.17, 15) is 43.2 Å². The highest BCUT2D eigenvalue weighted by Crippen LogP contribution is 2.45. The topological polar surface area (TPSA) is 237 Å². The van der Waals surface area contributed by atoms with E-state index in [2.05, 4.69) is 41.5 Å². The van der Waals surface area contributed by atoms with E-state index in [-0.39, 0.29) is 25.7 Å². The molecule has 0 amide bonds. The van der Waals surface area contributed by atoms with Gasteiger partial charge in [0.15, 0.2) is 12.2 Å². The molecule has 2 unspecified atom stereocenters. The number of unbranched alkanes of at least 4 members (excludes halogenated alkanes) is 45. The van der Waals surface area contributed by atoms with Crippen LogP contribution in [-0.4, -0.2) is 96.7 Å². The Morgan fingerprint density at radius 3 is 0.716 bits per heavy atom. The van der Waals surface area contributed by atoms with Gasteiger partial charge >= 0.3 is 39.5 Å². The predicted molar refractivity (Wildman–Crippen MR) is 386 cm³/mol. The molecule has 95 heavy (non-hydrogen) atoms. The smallest absolute Gasteiger partial charge is 0.462 e. The van der Waals surface area contributed by atoms with Gasteiger partial charge in [-0.15, -0.1) is 0 Å². The molecule has 0 fully saturated rings. The van der Waals surface area contributed by atoms with E-state index in [0.717, 1.165) is 102 Å². The Morgan fingerprint density at radius 2 is 0.484 bits per heavy atom. The lowest BCUT2D eigenvalue weighted by atomic mass is 10.0. The molecule has 0 aromatic heterocycles. The maximum absolute atomic E-state index is 13.1. The number of phosphoric acid groups is 2. The molecule has 0 aliphatic carbocycles. The van der Waals surface area contributed by atoms with E-state index >= 15 is 0 Å². The molecule has 3 N–H and O–H groups in total. The summed E-state index contributed by atoms with van der Waals surface area (Å²) in [5.74, 6) is -0.680. The number of esters is 4. The van der Waals surface area contributed by atoms with Gasteiger partial charge in [-0.1, -0.05) is 343 Å². The van der Waals surface area contributed by atoms with Crippen LogP contribution in [0, 0.1) is 11.8 Å². The van der Waals surface area contributed by atoms with E-state index in [0.29, 0.717) is 31.6 Å². The van der Waals surface area contributed by atoms with Crippen LogP contribution in [0.1, 0.15) is 395 Å². The Hall–Kier alpha value is -1.94. The minimum Gasteiger partial charge on any atom is -0.462 e. The first-order chi connectivity index (χ1) is 45.9. The summed E-state index contributed by atoms with van der Waals surface area (Å²) in [6.07, 6.45) is 55.7. The largest absolute Gasteiger partial charge is 0.472 e. The van der Waals surface area contributed by atoms with E-state index in [4.69, 9.17) is 37.0 Å². The molecular formula is C76H148O17P2. The van der Waals surface area contributed by atoms with Crippen molar-refractivity contribution in [2.24, 2.45) is 11.8 Å². The fourth-order valence-electron chi connectivity index (χ4n) is 11.7. The van der Waals surface area contributed by atoms with Crippen LogP contribution in [0.15, 0.2) is 0 Å². The Balaban J connectivity index is 5.19. The van der Waals surface area contributed by atoms with Gasteiger partial charge in [0.1, 0.15) is 19.3 Å². The second kappa shape index (κ2) is 67.9. The molecule has 0 spiro atoms. The minimum absolute atomic E-state index is 0.106. The molecule has 0 saturated heterocycles. The molecule has 0 heterocycles. The average Bonchev–Trinajstić information content (AvgIpc) is 1.27. The summed E-state index contributed by atoms with van der Waals surface area (Å²) < 4.78 is 68.5. The number of carbonyl (C=O) groups excluding carboxylic acids is 4. The van der Waals surface area contributed by atoms with Gasteiger partial charge in [0.05, 0.1) is 26.4 Å². The minimum atomic E-state index is -4.96. The summed E-state index contributed by atoms with van der Waals surface area (Å²) >= 11 is 0. The fraction of sp³-hybridized carbons (Fsp3) is 0.947. The van der Waals surface area contributed by atoms with Gasteiger partial charge in [-0.2, -0.15) is 0 Å². The first-order valence-electron chi connectivity index (χ1n) is 39.5. The molecular weight excluding hydrogens is 1250 g/mol. The van der Waals surface area contributed by atoms with E-state index in [1.807, 2.05) is 0 Å². The first-order valence-corrected chi connectivity index (χ1v) is 42.5. The summed E-state index contributed by atoms with van der Waals surface area (Å²) in [6, 6.07) is 0. The lowest BCUT2D eigenvalue weighted by molar-refractivity contribution is -0.161. The molecule has 0 aliphatic rings. The van der Waals surface area contributed by atoms with Crippen LogP contribution in [0.25, 0.3) is 0 Å². The van der Waals surface area contributed by atoms with Crippen LogP contribution in [0.5, 0.6) is 0 Å². The molecule has 0 aromatic rings. The second-order valence-corrected chi connectivity index (χ2v) is 31.3. The van der Waals surface area contributed by atoms with Gasteiger partial charge in [-0.3, -0.25) is 37.3 Å². The van der Waals surface area contributed by atoms with Gasteiger partial charge < -0.3 is 33.8 Å². The number of phosphoric ester groups is 2. The van der Waals surface area contributed by atoms with Crippen molar-refractivity contribution < 1.29 is 80.2 Å². The average molecular weight is 1400 g/mol. The quantitative estimate of drug-likeness (QED) is 0.0222. The lowest BCUT2D eigenvalue weighted by Gasteiger charge is -2.21. The second-order valence-electron chi connectivity index (χ2n) is 28.3. The number of rotatable bonds is 75. The number of ether oxygens (including phenoxy) is 4. The highest BCUT2D eigenvalue weighted by atomic mass is 31.2. The van der Waals surface area contributed by atoms with Crippen molar-refractivity contribution in [3.8, 4) is 0 Å². The molecule has 0 bridgehead atoms. The normalized spacial score (nSPS) is 14.0. The van der Waals surface area contributed by atoms with E-state index < -0.39 is 97.5 Å². The van der Waals surface area contributed by atoms with Gasteiger partial charge in [-0.05, 0) is 37.5 Å². The van der Waals surface area contributed by atoms with Crippen LogP contribution in [0.2, 0.25) is 0 Å². The summed E-state index contributed by atoms with van der Waals surface area (Å²) in [4.78, 5) is 72.7. The lowest BCUT2D eigenvalue weighted by Crippen LogP contribution is -2.30. The molecule has 0 rings (SSSR count). The van der Waals surface area contributed by atoms with Crippen molar-refractivity contribution in [2.75, 3.05) is 39.6 Å². The van der Waals surface area contributed by atoms with Gasteiger partial charge in [0.25, 0.3) is 0 Å². The summed E-state index contributed by atoms with van der Waals surface area (Å²) in [6.45, 7) is 9.50. The maximum Gasteiger partial charge on any atom is 0.472 e. The summed E-state index contributed by atoms with van der Waals surface area (Å²) in [5.41, 5.74) is 0. The standard InChI is InChI=1S/C76H148O17P2/c1-7-9-11-13-15-17-19-21-22-23-24-25-26-27-28-29-31-37-41-49-55-61-76(81)92-71(64-86-73(78)58-52-46-39-35-33-32-34-38-44-50-56-68(3)4)66-90-94(82,83)88-62-70(77)63-89-95(84,85)91-67-72(65-87-74(79)59-53-47-43-42-45-51-57-69(5)6)93-75(80)60-54-48-40-36-30-20-18-16-14-12-10-8-2/h68-72,77H,7-67H2,1-6H3,(H,82,83)(H,84,85)/t70-,71-,72-/m1/s1. The molecule has 0 radical (unpaired) electrons. The highest BCUT2D eigenvalue weighted by Gasteiger charge is 2.30. The van der Waals surface area contributed by atoms with Gasteiger partial charge in [-0.25, -0.2) is 9.13 Å². The fourth-order valence-corrected chi connectivity index (χ4v) is 13.2. The third kappa shape index (κ3) is 70.3. The molecule has 0 saturated carbocycles. The van der Waals surface area contributed by atoms with Crippen LogP contribution in [-0.2, 0) is 65.4 Å². The van der Waals surface area contributed by atoms with Crippen LogP contribution in [0.4, 0.5) is 0 Å². The third-order valence-electron chi connectivity index (χ3n) is 17.7. The van der Waals surface area contributed by atoms with Crippen LogP contribution < -0.4 is 0 Å². The van der Waals surface area contributed by atoms with E-state index in [1.54, 1.807) is 0 Å². The number of aliphatic hydroxyl groups excluding tert-OH is 1. The Morgan fingerprint density at radius 1 is 0.284 bits per heavy atom. The molecule has 19 heteroatoms. The molecule has 0 aromatic carbocycles. The number of hydrogen-bond donors (Lipinski definition) is 3. The zero-order valence-corrected chi connectivity index (χ0v) is 63.8. The van der Waals surface area contributed by atoms with Crippen molar-refractivity contribution in [1.29, 1.82) is 0 Å². The predicted octanol–water partition coefficient (Wildman–Crippen LogP) is 22.3. The molecule has 5 atom stereocenters. The maximum atomic E-state index is 13.1. The molecule has 0 aliphatic heterocycles. The summed E-state index contributed by atoms with van der Waals surface area (Å²) in [7, 11) is -9.91. The van der Waals surface area contributed by atoms with Crippen molar-refractivity contribution >= 4 is 39.5 Å².